The lowest BCUT2D eigenvalue weighted by Gasteiger charge is -2.05. The highest BCUT2D eigenvalue weighted by atomic mass is 16.4. The number of carboxylic acids is 1. The molecule has 0 bridgehead atoms. The summed E-state index contributed by atoms with van der Waals surface area (Å²) in [7, 11) is 0. The fourth-order valence-electron chi connectivity index (χ4n) is 1.34. The minimum Gasteiger partial charge on any atom is -0.478 e. The van der Waals surface area contributed by atoms with Crippen LogP contribution in [0.25, 0.3) is 5.57 Å². The molecule has 0 spiro atoms. The van der Waals surface area contributed by atoms with Crippen LogP contribution in [0, 0.1) is 0 Å². The topological polar surface area (TPSA) is 50.2 Å². The standard InChI is InChI=1S/C11H13NO2/c1-3-10(11(13)14)8(2)9-5-4-6-12-7-9/h4-7H,3H2,1-2H3,(H,13,14)/b10-8+. The Morgan fingerprint density at radius 2 is 2.29 bits per heavy atom. The summed E-state index contributed by atoms with van der Waals surface area (Å²) in [5.74, 6) is -0.853. The summed E-state index contributed by atoms with van der Waals surface area (Å²) in [6.45, 7) is 3.65. The molecule has 0 saturated carbocycles. The molecule has 0 fully saturated rings. The van der Waals surface area contributed by atoms with Crippen LogP contribution in [-0.4, -0.2) is 16.1 Å². The van der Waals surface area contributed by atoms with Crippen LogP contribution in [-0.2, 0) is 4.79 Å². The molecule has 0 radical (unpaired) electrons. The number of aliphatic carboxylic acids is 1. The third-order valence-electron chi connectivity index (χ3n) is 2.16. The zero-order valence-corrected chi connectivity index (χ0v) is 8.32. The molecular weight excluding hydrogens is 178 g/mol. The molecule has 3 nitrogen and oxygen atoms in total. The molecule has 0 aromatic carbocycles. The summed E-state index contributed by atoms with van der Waals surface area (Å²) in [5, 5.41) is 8.93. The third-order valence-corrected chi connectivity index (χ3v) is 2.16. The van der Waals surface area contributed by atoms with E-state index in [1.54, 1.807) is 18.5 Å². The largest absolute Gasteiger partial charge is 0.478 e. The lowest BCUT2D eigenvalue weighted by Crippen LogP contribution is -2.02. The van der Waals surface area contributed by atoms with Crippen molar-refractivity contribution in [2.75, 3.05) is 0 Å². The Balaban J connectivity index is 3.15. The van der Waals surface area contributed by atoms with E-state index in [4.69, 9.17) is 5.11 Å². The maximum Gasteiger partial charge on any atom is 0.331 e. The Hall–Kier alpha value is -1.64. The van der Waals surface area contributed by atoms with Gasteiger partial charge in [-0.2, -0.15) is 0 Å². The van der Waals surface area contributed by atoms with E-state index in [0.29, 0.717) is 12.0 Å². The van der Waals surface area contributed by atoms with Crippen LogP contribution in [0.2, 0.25) is 0 Å². The van der Waals surface area contributed by atoms with Crippen LogP contribution >= 0.6 is 0 Å². The molecule has 3 heteroatoms. The van der Waals surface area contributed by atoms with Crippen LogP contribution in [0.4, 0.5) is 0 Å². The number of allylic oxidation sites excluding steroid dienone is 1. The Kier molecular flexibility index (Phi) is 3.40. The van der Waals surface area contributed by atoms with Crippen molar-refractivity contribution in [2.24, 2.45) is 0 Å². The first-order valence-electron chi connectivity index (χ1n) is 4.50. The van der Waals surface area contributed by atoms with Gasteiger partial charge in [0.15, 0.2) is 0 Å². The predicted molar refractivity (Wildman–Crippen MR) is 54.8 cm³/mol. The van der Waals surface area contributed by atoms with Crippen LogP contribution < -0.4 is 0 Å². The summed E-state index contributed by atoms with van der Waals surface area (Å²) < 4.78 is 0. The van der Waals surface area contributed by atoms with Crippen molar-refractivity contribution < 1.29 is 9.90 Å². The van der Waals surface area contributed by atoms with Gasteiger partial charge in [-0.15, -0.1) is 0 Å². The first-order chi connectivity index (χ1) is 6.66. The van der Waals surface area contributed by atoms with Gasteiger partial charge in [0.2, 0.25) is 0 Å². The molecule has 1 aromatic heterocycles. The molecule has 0 saturated heterocycles. The van der Waals surface area contributed by atoms with Gasteiger partial charge in [-0.3, -0.25) is 4.98 Å². The van der Waals surface area contributed by atoms with Crippen LogP contribution in [0.15, 0.2) is 30.1 Å². The summed E-state index contributed by atoms with van der Waals surface area (Å²) >= 11 is 0. The molecule has 0 aliphatic rings. The lowest BCUT2D eigenvalue weighted by molar-refractivity contribution is -0.132. The Morgan fingerprint density at radius 1 is 1.57 bits per heavy atom. The monoisotopic (exact) mass is 191 g/mol. The zero-order chi connectivity index (χ0) is 10.6. The van der Waals surface area contributed by atoms with Crippen molar-refractivity contribution in [1.82, 2.24) is 4.98 Å². The molecule has 0 aliphatic heterocycles. The highest BCUT2D eigenvalue weighted by Gasteiger charge is 2.09. The van der Waals surface area contributed by atoms with Crippen molar-refractivity contribution in [2.45, 2.75) is 20.3 Å². The van der Waals surface area contributed by atoms with Crippen molar-refractivity contribution >= 4 is 11.5 Å². The van der Waals surface area contributed by atoms with Crippen LogP contribution in [0.5, 0.6) is 0 Å². The number of hydrogen-bond donors (Lipinski definition) is 1. The van der Waals surface area contributed by atoms with Crippen molar-refractivity contribution in [3.8, 4) is 0 Å². The second-order valence-electron chi connectivity index (χ2n) is 3.00. The minimum absolute atomic E-state index is 0.443. The van der Waals surface area contributed by atoms with Gasteiger partial charge >= 0.3 is 5.97 Å². The molecule has 0 amide bonds. The maximum absolute atomic E-state index is 10.9. The minimum atomic E-state index is -0.853. The van der Waals surface area contributed by atoms with E-state index in [2.05, 4.69) is 4.98 Å². The fraction of sp³-hybridized carbons (Fsp3) is 0.273. The number of pyridine rings is 1. The van der Waals surface area contributed by atoms with Gasteiger partial charge in [0.1, 0.15) is 0 Å². The van der Waals surface area contributed by atoms with Crippen molar-refractivity contribution in [3.05, 3.63) is 35.7 Å². The number of carboxylic acid groups (broad SMARTS) is 1. The van der Waals surface area contributed by atoms with E-state index in [0.717, 1.165) is 11.1 Å². The van der Waals surface area contributed by atoms with Gasteiger partial charge in [0.05, 0.1) is 0 Å². The lowest BCUT2D eigenvalue weighted by atomic mass is 10.0. The molecule has 0 aliphatic carbocycles. The van der Waals surface area contributed by atoms with E-state index in [1.165, 1.54) is 0 Å². The molecular formula is C11H13NO2. The highest BCUT2D eigenvalue weighted by Crippen LogP contribution is 2.19. The van der Waals surface area contributed by atoms with Gasteiger partial charge in [-0.1, -0.05) is 13.0 Å². The molecule has 0 atom stereocenters. The molecule has 1 N–H and O–H groups in total. The molecule has 1 heterocycles. The summed E-state index contributed by atoms with van der Waals surface area (Å²) in [4.78, 5) is 14.8. The van der Waals surface area contributed by atoms with Gasteiger partial charge in [0, 0.05) is 18.0 Å². The first-order valence-corrected chi connectivity index (χ1v) is 4.50. The number of nitrogens with zero attached hydrogens (tertiary/aromatic N) is 1. The molecule has 0 unspecified atom stereocenters. The second-order valence-corrected chi connectivity index (χ2v) is 3.00. The Bertz CT molecular complexity index is 355. The SMILES string of the molecule is CC/C(C(=O)O)=C(/C)c1cccnc1. The van der Waals surface area contributed by atoms with E-state index < -0.39 is 5.97 Å². The Labute approximate surface area is 83.1 Å². The average Bonchev–Trinajstić information content (AvgIpc) is 2.19. The summed E-state index contributed by atoms with van der Waals surface area (Å²) in [6.07, 6.45) is 3.87. The number of aromatic nitrogens is 1. The van der Waals surface area contributed by atoms with Gasteiger partial charge in [-0.05, 0) is 30.5 Å². The van der Waals surface area contributed by atoms with Crippen LogP contribution in [0.3, 0.4) is 0 Å². The summed E-state index contributed by atoms with van der Waals surface area (Å²) in [6, 6.07) is 3.66. The summed E-state index contributed by atoms with van der Waals surface area (Å²) in [5.41, 5.74) is 2.10. The average molecular weight is 191 g/mol. The maximum atomic E-state index is 10.9. The quantitative estimate of drug-likeness (QED) is 0.746. The van der Waals surface area contributed by atoms with E-state index in [1.807, 2.05) is 19.9 Å². The highest BCUT2D eigenvalue weighted by molar-refractivity contribution is 5.95. The zero-order valence-electron chi connectivity index (χ0n) is 8.32. The van der Waals surface area contributed by atoms with E-state index in [-0.39, 0.29) is 0 Å². The molecule has 1 aromatic rings. The van der Waals surface area contributed by atoms with Gasteiger partial charge in [-0.25, -0.2) is 4.79 Å². The normalized spacial score (nSPS) is 12.1. The second kappa shape index (κ2) is 4.56. The number of hydrogen-bond acceptors (Lipinski definition) is 2. The smallest absolute Gasteiger partial charge is 0.331 e. The van der Waals surface area contributed by atoms with Gasteiger partial charge in [0.25, 0.3) is 0 Å². The van der Waals surface area contributed by atoms with E-state index >= 15 is 0 Å². The van der Waals surface area contributed by atoms with Gasteiger partial charge < -0.3 is 5.11 Å². The molecule has 1 rings (SSSR count). The fourth-order valence-corrected chi connectivity index (χ4v) is 1.34. The number of rotatable bonds is 3. The van der Waals surface area contributed by atoms with Crippen molar-refractivity contribution in [1.29, 1.82) is 0 Å². The van der Waals surface area contributed by atoms with Crippen molar-refractivity contribution in [3.63, 3.8) is 0 Å². The third kappa shape index (κ3) is 2.19. The molecule has 74 valence electrons. The molecule has 14 heavy (non-hydrogen) atoms. The first kappa shape index (κ1) is 10.4. The Morgan fingerprint density at radius 3 is 2.71 bits per heavy atom. The van der Waals surface area contributed by atoms with Crippen LogP contribution in [0.1, 0.15) is 25.8 Å². The predicted octanol–water partition coefficient (Wildman–Crippen LogP) is 2.35. The van der Waals surface area contributed by atoms with E-state index in [9.17, 15) is 4.79 Å². The number of carbonyl (C=O) groups is 1.